The van der Waals surface area contributed by atoms with Crippen LogP contribution in [0.15, 0.2) is 152 Å². The molecule has 0 N–H and O–H groups in total. The van der Waals surface area contributed by atoms with E-state index in [2.05, 4.69) is 30.3 Å². The highest BCUT2D eigenvalue weighted by Gasteiger charge is 2.37. The number of rotatable bonds is 5. The summed E-state index contributed by atoms with van der Waals surface area (Å²) < 4.78 is 90.3. The zero-order valence-corrected chi connectivity index (χ0v) is 34.8. The lowest BCUT2D eigenvalue weighted by molar-refractivity contribution is -0.143. The van der Waals surface area contributed by atoms with Crippen molar-refractivity contribution in [2.45, 2.75) is 12.4 Å². The Balaban J connectivity index is 1.37. The van der Waals surface area contributed by atoms with Crippen molar-refractivity contribution in [3.8, 4) is 75.1 Å². The number of nitrogens with zero attached hydrogens (tertiary/aromatic N) is 7. The Kier molecular flexibility index (Phi) is 9.85. The number of benzene rings is 8. The predicted octanol–water partition coefficient (Wildman–Crippen LogP) is 14.3. The van der Waals surface area contributed by atoms with Crippen LogP contribution in [0.5, 0.6) is 0 Å². The van der Waals surface area contributed by atoms with Crippen LogP contribution in [0.1, 0.15) is 38.9 Å². The molecule has 322 valence electrons. The molecule has 0 spiro atoms. The second-order valence-corrected chi connectivity index (χ2v) is 16.0. The van der Waals surface area contributed by atoms with Crippen LogP contribution in [-0.2, 0) is 12.4 Å². The van der Waals surface area contributed by atoms with Crippen molar-refractivity contribution in [2.75, 3.05) is 0 Å². The summed E-state index contributed by atoms with van der Waals surface area (Å²) in [7, 11) is 0. The smallest absolute Gasteiger partial charge is 0.307 e. The van der Waals surface area contributed by atoms with Gasteiger partial charge in [0.25, 0.3) is 0 Å². The summed E-state index contributed by atoms with van der Waals surface area (Å²) >= 11 is 0. The number of para-hydroxylation sites is 2. The van der Waals surface area contributed by atoms with E-state index in [9.17, 15) is 52.7 Å². The van der Waals surface area contributed by atoms with Crippen LogP contribution in [-0.4, -0.2) is 9.13 Å². The number of fused-ring (bicyclic) bond motifs is 6. The summed E-state index contributed by atoms with van der Waals surface area (Å²) in [6.45, 7) is 0. The largest absolute Gasteiger partial charge is 0.416 e. The van der Waals surface area contributed by atoms with Crippen molar-refractivity contribution in [2.24, 2.45) is 0 Å². The minimum Gasteiger partial charge on any atom is -0.307 e. The van der Waals surface area contributed by atoms with Gasteiger partial charge in [-0.1, -0.05) is 60.7 Å². The molecule has 0 unspecified atom stereocenters. The number of alkyl halides is 6. The highest BCUT2D eigenvalue weighted by atomic mass is 19.4. The van der Waals surface area contributed by atoms with Crippen LogP contribution >= 0.6 is 0 Å². The van der Waals surface area contributed by atoms with Gasteiger partial charge in [-0.05, 0) is 119 Å². The van der Waals surface area contributed by atoms with E-state index < -0.39 is 29.0 Å². The van der Waals surface area contributed by atoms with E-state index in [1.54, 1.807) is 30.3 Å². The molecule has 0 amide bonds. The molecule has 0 aliphatic rings. The van der Waals surface area contributed by atoms with Crippen molar-refractivity contribution in [1.82, 2.24) is 9.13 Å². The van der Waals surface area contributed by atoms with Gasteiger partial charge in [0.1, 0.15) is 0 Å². The highest BCUT2D eigenvalue weighted by Crippen LogP contribution is 2.45. The second-order valence-electron chi connectivity index (χ2n) is 16.0. The third kappa shape index (κ3) is 7.07. The molecule has 68 heavy (non-hydrogen) atoms. The predicted molar refractivity (Wildman–Crippen MR) is 245 cm³/mol. The van der Waals surface area contributed by atoms with Gasteiger partial charge in [-0.25, -0.2) is 0 Å². The first-order chi connectivity index (χ1) is 32.7. The van der Waals surface area contributed by atoms with E-state index >= 15 is 0 Å². The first kappa shape index (κ1) is 42.3. The summed E-state index contributed by atoms with van der Waals surface area (Å²) in [5.41, 5.74) is 2.24. The molecule has 0 bridgehead atoms. The zero-order valence-electron chi connectivity index (χ0n) is 34.8. The van der Waals surface area contributed by atoms with Crippen LogP contribution in [0.2, 0.25) is 0 Å². The molecule has 0 aliphatic carbocycles. The molecule has 7 nitrogen and oxygen atoms in total. The standard InChI is InChI=1S/C55H25F6N7/c56-54(57,58)41-19-39(20-42(24-41)55(59,60)61)47-25-53(68-49-8-4-2-6-44(49)46-12-10-36(22-51(46)68)38-17-33(28-64)14-34(18-38)29-65)52(23-40(47)30-66)67-48-7-3-1-5-43(48)45-11-9-35(21-50(45)67)37-15-31(26-62)13-32(16-37)27-63/h1-25H. The number of aromatic nitrogens is 2. The second kappa shape index (κ2) is 15.8. The Morgan fingerprint density at radius 2 is 0.735 bits per heavy atom. The fourth-order valence-corrected chi connectivity index (χ4v) is 9.04. The lowest BCUT2D eigenvalue weighted by atomic mass is 9.94. The first-order valence-electron chi connectivity index (χ1n) is 20.6. The molecule has 2 aromatic heterocycles. The van der Waals surface area contributed by atoms with E-state index in [0.29, 0.717) is 67.5 Å². The maximum absolute atomic E-state index is 14.4. The molecule has 10 aromatic rings. The molecule has 0 saturated heterocycles. The van der Waals surface area contributed by atoms with Crippen molar-refractivity contribution in [3.05, 3.63) is 191 Å². The summed E-state index contributed by atoms with van der Waals surface area (Å²) in [5, 5.41) is 53.2. The van der Waals surface area contributed by atoms with Crippen molar-refractivity contribution in [1.29, 1.82) is 26.3 Å². The van der Waals surface area contributed by atoms with Crippen LogP contribution in [0.4, 0.5) is 26.3 Å². The fourth-order valence-electron chi connectivity index (χ4n) is 9.04. The molecule has 8 aromatic carbocycles. The van der Waals surface area contributed by atoms with Crippen molar-refractivity contribution >= 4 is 43.6 Å². The van der Waals surface area contributed by atoms with Gasteiger partial charge >= 0.3 is 12.4 Å². The maximum Gasteiger partial charge on any atom is 0.416 e. The number of hydrogen-bond donors (Lipinski definition) is 0. The fraction of sp³-hybridized carbons (Fsp3) is 0.0364. The van der Waals surface area contributed by atoms with Gasteiger partial charge < -0.3 is 9.13 Å². The van der Waals surface area contributed by atoms with Gasteiger partial charge in [0.05, 0.1) is 103 Å². The average molecular weight is 898 g/mol. The number of nitriles is 5. The lowest BCUT2D eigenvalue weighted by Crippen LogP contribution is -2.11. The van der Waals surface area contributed by atoms with Gasteiger partial charge in [-0.15, -0.1) is 0 Å². The molecule has 0 saturated carbocycles. The zero-order chi connectivity index (χ0) is 47.6. The van der Waals surface area contributed by atoms with Gasteiger partial charge in [-0.2, -0.15) is 52.7 Å². The van der Waals surface area contributed by atoms with E-state index in [-0.39, 0.29) is 45.1 Å². The molecule has 0 radical (unpaired) electrons. The average Bonchev–Trinajstić information content (AvgIpc) is 3.86. The molecule has 2 heterocycles. The monoisotopic (exact) mass is 897 g/mol. The third-order valence-electron chi connectivity index (χ3n) is 12.0. The Morgan fingerprint density at radius 3 is 1.13 bits per heavy atom. The summed E-state index contributed by atoms with van der Waals surface area (Å²) in [6.07, 6.45) is -10.4. The normalized spacial score (nSPS) is 11.6. The van der Waals surface area contributed by atoms with Gasteiger partial charge in [0, 0.05) is 27.1 Å². The quantitative estimate of drug-likeness (QED) is 0.159. The molecule has 10 rings (SSSR count). The first-order valence-corrected chi connectivity index (χ1v) is 20.6. The molecule has 0 aliphatic heterocycles. The van der Waals surface area contributed by atoms with Crippen LogP contribution in [0.3, 0.4) is 0 Å². The third-order valence-corrected chi connectivity index (χ3v) is 12.0. The van der Waals surface area contributed by atoms with E-state index in [1.165, 1.54) is 24.3 Å². The lowest BCUT2D eigenvalue weighted by Gasteiger charge is -2.21. The molecule has 13 heteroatoms. The van der Waals surface area contributed by atoms with Crippen LogP contribution in [0.25, 0.3) is 88.4 Å². The van der Waals surface area contributed by atoms with Gasteiger partial charge in [0.15, 0.2) is 0 Å². The molecule has 0 fully saturated rings. The van der Waals surface area contributed by atoms with E-state index in [4.69, 9.17) is 0 Å². The van der Waals surface area contributed by atoms with Crippen LogP contribution < -0.4 is 0 Å². The Labute approximate surface area is 382 Å². The van der Waals surface area contributed by atoms with Crippen molar-refractivity contribution < 1.29 is 26.3 Å². The van der Waals surface area contributed by atoms with Gasteiger partial charge in [0.2, 0.25) is 0 Å². The van der Waals surface area contributed by atoms with Crippen LogP contribution in [0, 0.1) is 56.7 Å². The van der Waals surface area contributed by atoms with E-state index in [1.807, 2.05) is 88.0 Å². The maximum atomic E-state index is 14.4. The van der Waals surface area contributed by atoms with E-state index in [0.717, 1.165) is 16.2 Å². The topological polar surface area (TPSA) is 129 Å². The summed E-state index contributed by atoms with van der Waals surface area (Å²) in [6, 6.07) is 49.9. The minimum absolute atomic E-state index is 0.0416. The Morgan fingerprint density at radius 1 is 0.338 bits per heavy atom. The molecular weight excluding hydrogens is 873 g/mol. The summed E-state index contributed by atoms with van der Waals surface area (Å²) in [4.78, 5) is 0. The summed E-state index contributed by atoms with van der Waals surface area (Å²) in [5.74, 6) is 0. The molecular formula is C55H25F6N7. The Hall–Kier alpha value is -9.61. The van der Waals surface area contributed by atoms with Gasteiger partial charge in [-0.3, -0.25) is 0 Å². The molecule has 0 atom stereocenters. The van der Waals surface area contributed by atoms with Crippen molar-refractivity contribution in [3.63, 3.8) is 0 Å². The SMILES string of the molecule is N#Cc1cc(C#N)cc(-c2ccc3c4ccccc4n(-c4cc(C#N)c(-c5cc(C(F)(F)F)cc(C(F)(F)F)c5)cc4-n4c5ccccc5c5ccc(-c6cc(C#N)cc(C#N)c6)cc54)c3c2)c1. The number of hydrogen-bond acceptors (Lipinski definition) is 5. The number of halogens is 6. The minimum atomic E-state index is -5.18. The highest BCUT2D eigenvalue weighted by molar-refractivity contribution is 6.13. The Bertz CT molecular complexity index is 3930.